The second-order valence-corrected chi connectivity index (χ2v) is 7.76. The first-order valence-electron chi connectivity index (χ1n) is 7.70. The molecule has 1 aliphatic heterocycles. The second kappa shape index (κ2) is 7.24. The molecule has 0 aliphatic carbocycles. The molecule has 0 saturated carbocycles. The Morgan fingerprint density at radius 1 is 1.32 bits per heavy atom. The summed E-state index contributed by atoms with van der Waals surface area (Å²) in [6.07, 6.45) is 3.94. The van der Waals surface area contributed by atoms with Gasteiger partial charge in [-0.15, -0.1) is 0 Å². The SMILES string of the molecule is CNS(=O)(=O)CC(=O)N1CCCCC[C@H]1c1cccc(C)c1. The average molecular weight is 324 g/mol. The Morgan fingerprint density at radius 2 is 2.09 bits per heavy atom. The van der Waals surface area contributed by atoms with Gasteiger partial charge in [0.2, 0.25) is 15.9 Å². The van der Waals surface area contributed by atoms with Crippen LogP contribution in [0.25, 0.3) is 0 Å². The summed E-state index contributed by atoms with van der Waals surface area (Å²) in [6.45, 7) is 2.65. The second-order valence-electron chi connectivity index (χ2n) is 5.83. The van der Waals surface area contributed by atoms with Crippen LogP contribution in [0.1, 0.15) is 42.9 Å². The Hall–Kier alpha value is -1.40. The Morgan fingerprint density at radius 3 is 2.77 bits per heavy atom. The van der Waals surface area contributed by atoms with E-state index in [-0.39, 0.29) is 11.9 Å². The number of rotatable bonds is 4. The van der Waals surface area contributed by atoms with Gasteiger partial charge in [0.15, 0.2) is 0 Å². The number of hydrogen-bond donors (Lipinski definition) is 1. The number of likely N-dealkylation sites (tertiary alicyclic amines) is 1. The van der Waals surface area contributed by atoms with Gasteiger partial charge in [-0.1, -0.05) is 42.7 Å². The standard InChI is InChI=1S/C16H24N2O3S/c1-13-7-6-8-14(11-13)15-9-4-3-5-10-18(15)16(19)12-22(20,21)17-2/h6-8,11,15,17H,3-5,9-10,12H2,1-2H3/t15-/m0/s1. The Kier molecular flexibility index (Phi) is 5.58. The van der Waals surface area contributed by atoms with Crippen molar-refractivity contribution < 1.29 is 13.2 Å². The smallest absolute Gasteiger partial charge is 0.239 e. The van der Waals surface area contributed by atoms with E-state index in [1.54, 1.807) is 4.90 Å². The van der Waals surface area contributed by atoms with Gasteiger partial charge < -0.3 is 4.90 Å². The van der Waals surface area contributed by atoms with Gasteiger partial charge in [0.1, 0.15) is 5.75 Å². The van der Waals surface area contributed by atoms with Crippen molar-refractivity contribution in [2.45, 2.75) is 38.6 Å². The fourth-order valence-corrected chi connectivity index (χ4v) is 3.58. The van der Waals surface area contributed by atoms with E-state index in [0.717, 1.165) is 36.8 Å². The molecule has 6 heteroatoms. The van der Waals surface area contributed by atoms with Gasteiger partial charge in [0, 0.05) is 6.54 Å². The molecule has 0 unspecified atom stereocenters. The first-order chi connectivity index (χ1) is 10.4. The topological polar surface area (TPSA) is 66.5 Å². The molecule has 122 valence electrons. The molecule has 22 heavy (non-hydrogen) atoms. The predicted octanol–water partition coefficient (Wildman–Crippen LogP) is 1.99. The third-order valence-corrected chi connectivity index (χ3v) is 5.37. The maximum absolute atomic E-state index is 12.5. The zero-order chi connectivity index (χ0) is 16.2. The zero-order valence-corrected chi connectivity index (χ0v) is 14.0. The van der Waals surface area contributed by atoms with Gasteiger partial charge >= 0.3 is 0 Å². The van der Waals surface area contributed by atoms with Crippen molar-refractivity contribution in [3.8, 4) is 0 Å². The fourth-order valence-electron chi connectivity index (χ4n) is 2.95. The summed E-state index contributed by atoms with van der Waals surface area (Å²) in [5, 5.41) is 0. The predicted molar refractivity (Wildman–Crippen MR) is 86.9 cm³/mol. The van der Waals surface area contributed by atoms with E-state index in [2.05, 4.69) is 10.8 Å². The van der Waals surface area contributed by atoms with E-state index >= 15 is 0 Å². The highest BCUT2D eigenvalue weighted by atomic mass is 32.2. The van der Waals surface area contributed by atoms with Gasteiger partial charge in [-0.25, -0.2) is 13.1 Å². The number of sulfonamides is 1. The molecule has 0 aromatic heterocycles. The molecule has 0 bridgehead atoms. The molecular formula is C16H24N2O3S. The first-order valence-corrected chi connectivity index (χ1v) is 9.35. The van der Waals surface area contributed by atoms with Crippen LogP contribution in [0.2, 0.25) is 0 Å². The van der Waals surface area contributed by atoms with Crippen molar-refractivity contribution in [3.05, 3.63) is 35.4 Å². The Balaban J connectivity index is 2.26. The highest BCUT2D eigenvalue weighted by molar-refractivity contribution is 7.90. The number of hydrogen-bond acceptors (Lipinski definition) is 3. The number of amides is 1. The van der Waals surface area contributed by atoms with Crippen molar-refractivity contribution in [2.75, 3.05) is 19.3 Å². The molecule has 5 nitrogen and oxygen atoms in total. The maximum Gasteiger partial charge on any atom is 0.239 e. The third kappa shape index (κ3) is 4.30. The minimum absolute atomic E-state index is 0.0260. The lowest BCUT2D eigenvalue weighted by molar-refractivity contribution is -0.130. The van der Waals surface area contributed by atoms with Gasteiger partial charge in [-0.2, -0.15) is 0 Å². The molecule has 1 heterocycles. The monoisotopic (exact) mass is 324 g/mol. The molecule has 1 amide bonds. The van der Waals surface area contributed by atoms with Crippen molar-refractivity contribution in [1.29, 1.82) is 0 Å². The summed E-state index contributed by atoms with van der Waals surface area (Å²) in [5.41, 5.74) is 2.24. The number of aryl methyl sites for hydroxylation is 1. The van der Waals surface area contributed by atoms with Crippen LogP contribution in [0.5, 0.6) is 0 Å². The highest BCUT2D eigenvalue weighted by Gasteiger charge is 2.29. The molecule has 0 spiro atoms. The van der Waals surface area contributed by atoms with Crippen molar-refractivity contribution in [3.63, 3.8) is 0 Å². The molecule has 1 N–H and O–H groups in total. The lowest BCUT2D eigenvalue weighted by Crippen LogP contribution is -2.40. The average Bonchev–Trinajstić information content (AvgIpc) is 2.72. The molecule has 1 aliphatic rings. The lowest BCUT2D eigenvalue weighted by Gasteiger charge is -2.30. The minimum atomic E-state index is -3.53. The molecule has 1 aromatic carbocycles. The normalized spacial score (nSPS) is 19.7. The van der Waals surface area contributed by atoms with Crippen LogP contribution in [0, 0.1) is 6.92 Å². The van der Waals surface area contributed by atoms with E-state index in [1.165, 1.54) is 7.05 Å². The summed E-state index contributed by atoms with van der Waals surface area (Å²) in [5.74, 6) is -0.797. The van der Waals surface area contributed by atoms with E-state index < -0.39 is 15.8 Å². The zero-order valence-electron chi connectivity index (χ0n) is 13.2. The van der Waals surface area contributed by atoms with Crippen LogP contribution in [0.4, 0.5) is 0 Å². The van der Waals surface area contributed by atoms with Crippen LogP contribution in [-0.2, 0) is 14.8 Å². The minimum Gasteiger partial charge on any atom is -0.335 e. The van der Waals surface area contributed by atoms with Gasteiger partial charge in [0.05, 0.1) is 6.04 Å². The fraction of sp³-hybridized carbons (Fsp3) is 0.562. The van der Waals surface area contributed by atoms with Crippen LogP contribution >= 0.6 is 0 Å². The Bertz CT molecular complexity index is 628. The van der Waals surface area contributed by atoms with Crippen molar-refractivity contribution in [1.82, 2.24) is 9.62 Å². The summed E-state index contributed by atoms with van der Waals surface area (Å²) >= 11 is 0. The number of nitrogens with one attached hydrogen (secondary N) is 1. The largest absolute Gasteiger partial charge is 0.335 e. The van der Waals surface area contributed by atoms with Crippen LogP contribution in [0.3, 0.4) is 0 Å². The van der Waals surface area contributed by atoms with Crippen molar-refractivity contribution >= 4 is 15.9 Å². The summed E-state index contributed by atoms with van der Waals surface area (Å²) in [7, 11) is -2.20. The maximum atomic E-state index is 12.5. The number of benzene rings is 1. The van der Waals surface area contributed by atoms with E-state index in [1.807, 2.05) is 25.1 Å². The molecule has 1 aromatic rings. The van der Waals surface area contributed by atoms with E-state index in [4.69, 9.17) is 0 Å². The third-order valence-electron chi connectivity index (χ3n) is 4.12. The molecule has 1 atom stereocenters. The molecule has 1 saturated heterocycles. The Labute approximate surface area is 132 Å². The lowest BCUT2D eigenvalue weighted by atomic mass is 9.99. The van der Waals surface area contributed by atoms with Gasteiger partial charge in [-0.3, -0.25) is 4.79 Å². The van der Waals surface area contributed by atoms with Crippen LogP contribution in [0.15, 0.2) is 24.3 Å². The summed E-state index contributed by atoms with van der Waals surface area (Å²) in [4.78, 5) is 14.2. The summed E-state index contributed by atoms with van der Waals surface area (Å²) in [6, 6.07) is 8.10. The number of carbonyl (C=O) groups excluding carboxylic acids is 1. The molecule has 0 radical (unpaired) electrons. The summed E-state index contributed by atoms with van der Waals surface area (Å²) < 4.78 is 25.6. The highest BCUT2D eigenvalue weighted by Crippen LogP contribution is 2.30. The number of carbonyl (C=O) groups is 1. The molecule has 2 rings (SSSR count). The first kappa shape index (κ1) is 17.0. The molecular weight excluding hydrogens is 300 g/mol. The van der Waals surface area contributed by atoms with E-state index in [9.17, 15) is 13.2 Å². The molecule has 1 fully saturated rings. The number of nitrogens with zero attached hydrogens (tertiary/aromatic N) is 1. The van der Waals surface area contributed by atoms with E-state index in [0.29, 0.717) is 6.54 Å². The van der Waals surface area contributed by atoms with Crippen LogP contribution in [-0.4, -0.2) is 38.6 Å². The quantitative estimate of drug-likeness (QED) is 0.921. The van der Waals surface area contributed by atoms with Gasteiger partial charge in [-0.05, 0) is 32.4 Å². The van der Waals surface area contributed by atoms with Crippen molar-refractivity contribution in [2.24, 2.45) is 0 Å². The van der Waals surface area contributed by atoms with Gasteiger partial charge in [0.25, 0.3) is 0 Å². The van der Waals surface area contributed by atoms with Crippen LogP contribution < -0.4 is 4.72 Å².